The molecule has 0 aromatic heterocycles. The number of hydrogen-bond donors (Lipinski definition) is 2. The third-order valence-corrected chi connectivity index (χ3v) is 5.00. The molecule has 6 nitrogen and oxygen atoms in total. The summed E-state index contributed by atoms with van der Waals surface area (Å²) in [4.78, 5) is 23.0. The van der Waals surface area contributed by atoms with Crippen LogP contribution in [-0.4, -0.2) is 66.9 Å². The highest BCUT2D eigenvalue weighted by molar-refractivity contribution is 5.77. The van der Waals surface area contributed by atoms with E-state index in [9.17, 15) is 18.0 Å². The number of nitrogens with one attached hydrogen (secondary N) is 1. The zero-order valence-electron chi connectivity index (χ0n) is 16.2. The monoisotopic (exact) mass is 416 g/mol. The van der Waals surface area contributed by atoms with E-state index in [0.717, 1.165) is 51.9 Å². The number of ether oxygens (including phenoxy) is 1. The van der Waals surface area contributed by atoms with Gasteiger partial charge in [0.2, 0.25) is 5.91 Å². The molecule has 3 rings (SSSR count). The summed E-state index contributed by atoms with van der Waals surface area (Å²) in [5.41, 5.74) is 1.34. The molecule has 0 saturated carbocycles. The topological polar surface area (TPSA) is 78.9 Å². The van der Waals surface area contributed by atoms with Crippen LogP contribution in [0.3, 0.4) is 0 Å². The van der Waals surface area contributed by atoms with Crippen LogP contribution < -0.4 is 5.32 Å². The van der Waals surface area contributed by atoms with E-state index in [0.29, 0.717) is 5.92 Å². The van der Waals surface area contributed by atoms with Crippen LogP contribution >= 0.6 is 0 Å². The smallest absolute Gasteiger partial charge is 0.475 e. The van der Waals surface area contributed by atoms with Gasteiger partial charge >= 0.3 is 12.1 Å². The molecule has 0 aliphatic carbocycles. The highest BCUT2D eigenvalue weighted by Gasteiger charge is 2.38. The average molecular weight is 416 g/mol. The van der Waals surface area contributed by atoms with E-state index < -0.39 is 12.1 Å². The van der Waals surface area contributed by atoms with Crippen LogP contribution in [0.25, 0.3) is 0 Å². The molecule has 2 atom stereocenters. The van der Waals surface area contributed by atoms with Crippen molar-refractivity contribution in [1.29, 1.82) is 0 Å². The number of hydrogen-bond acceptors (Lipinski definition) is 4. The summed E-state index contributed by atoms with van der Waals surface area (Å²) in [7, 11) is 0. The number of benzene rings is 1. The second-order valence-corrected chi connectivity index (χ2v) is 7.18. The average Bonchev–Trinajstić information content (AvgIpc) is 3.22. The van der Waals surface area contributed by atoms with Gasteiger partial charge in [-0.05, 0) is 37.8 Å². The van der Waals surface area contributed by atoms with Gasteiger partial charge < -0.3 is 20.1 Å². The van der Waals surface area contributed by atoms with Crippen LogP contribution in [0.15, 0.2) is 30.3 Å². The lowest BCUT2D eigenvalue weighted by Gasteiger charge is -2.32. The SMILES string of the molecule is O=C(CO[C@H]1CCNC[C@@H]1Cc1ccccc1)N1CCCC1.O=C(O)C(F)(F)F. The summed E-state index contributed by atoms with van der Waals surface area (Å²) in [6, 6.07) is 10.5. The van der Waals surface area contributed by atoms with Crippen molar-refractivity contribution in [1.82, 2.24) is 10.2 Å². The van der Waals surface area contributed by atoms with E-state index >= 15 is 0 Å². The molecule has 0 unspecified atom stereocenters. The Bertz CT molecular complexity index is 649. The first-order chi connectivity index (χ1) is 13.8. The Morgan fingerprint density at radius 2 is 1.79 bits per heavy atom. The molecule has 1 aromatic carbocycles. The first kappa shape index (κ1) is 23.2. The maximum Gasteiger partial charge on any atom is 0.490 e. The summed E-state index contributed by atoms with van der Waals surface area (Å²) < 4.78 is 37.7. The standard InChI is InChI=1S/C18H26N2O2.C2HF3O2/c21-18(20-10-4-5-11-20)14-22-17-8-9-19-13-16(17)12-15-6-2-1-3-7-15;3-2(4,5)1(6)7/h1-3,6-7,16-17,19H,4-5,8-14H2;(H,6,7)/t16-,17-;/m0./s1. The number of amides is 1. The van der Waals surface area contributed by atoms with Crippen molar-refractivity contribution in [2.45, 2.75) is 38.0 Å². The molecule has 2 fully saturated rings. The number of piperidine rings is 1. The quantitative estimate of drug-likeness (QED) is 0.771. The lowest BCUT2D eigenvalue weighted by molar-refractivity contribution is -0.192. The number of aliphatic carboxylic acids is 1. The second-order valence-electron chi connectivity index (χ2n) is 7.18. The van der Waals surface area contributed by atoms with Crippen LogP contribution in [0, 0.1) is 5.92 Å². The fourth-order valence-corrected chi connectivity index (χ4v) is 3.47. The Kier molecular flexibility index (Phi) is 8.91. The second kappa shape index (κ2) is 11.2. The zero-order valence-corrected chi connectivity index (χ0v) is 16.2. The van der Waals surface area contributed by atoms with Gasteiger partial charge in [0.05, 0.1) is 6.10 Å². The van der Waals surface area contributed by atoms with Crippen molar-refractivity contribution < 1.29 is 32.6 Å². The molecule has 2 saturated heterocycles. The molecule has 0 bridgehead atoms. The third-order valence-electron chi connectivity index (χ3n) is 5.00. The Labute approximate surface area is 168 Å². The summed E-state index contributed by atoms with van der Waals surface area (Å²) >= 11 is 0. The molecule has 2 heterocycles. The van der Waals surface area contributed by atoms with Gasteiger partial charge in [-0.15, -0.1) is 0 Å². The summed E-state index contributed by atoms with van der Waals surface area (Å²) in [6.07, 6.45) is -0.625. The molecule has 9 heteroatoms. The lowest BCUT2D eigenvalue weighted by Crippen LogP contribution is -2.44. The van der Waals surface area contributed by atoms with Crippen molar-refractivity contribution in [3.05, 3.63) is 35.9 Å². The van der Waals surface area contributed by atoms with E-state index in [1.807, 2.05) is 11.0 Å². The predicted octanol–water partition coefficient (Wildman–Crippen LogP) is 2.48. The minimum atomic E-state index is -5.08. The molecule has 29 heavy (non-hydrogen) atoms. The van der Waals surface area contributed by atoms with Crippen molar-refractivity contribution in [2.75, 3.05) is 32.8 Å². The largest absolute Gasteiger partial charge is 0.490 e. The number of carboxylic acid groups (broad SMARTS) is 1. The molecular formula is C20H27F3N2O4. The maximum atomic E-state index is 12.1. The van der Waals surface area contributed by atoms with E-state index in [1.165, 1.54) is 5.56 Å². The van der Waals surface area contributed by atoms with Crippen molar-refractivity contribution in [3.8, 4) is 0 Å². The van der Waals surface area contributed by atoms with Gasteiger partial charge in [-0.2, -0.15) is 13.2 Å². The molecule has 1 aromatic rings. The number of carbonyl (C=O) groups is 2. The maximum absolute atomic E-state index is 12.1. The van der Waals surface area contributed by atoms with E-state index in [1.54, 1.807) is 0 Å². The highest BCUT2D eigenvalue weighted by atomic mass is 19.4. The van der Waals surface area contributed by atoms with Crippen LogP contribution in [0.5, 0.6) is 0 Å². The zero-order chi connectivity index (χ0) is 21.3. The molecule has 162 valence electrons. The molecular weight excluding hydrogens is 389 g/mol. The Morgan fingerprint density at radius 1 is 1.17 bits per heavy atom. The van der Waals surface area contributed by atoms with Gasteiger partial charge in [-0.1, -0.05) is 30.3 Å². The van der Waals surface area contributed by atoms with Gasteiger partial charge in [0.25, 0.3) is 0 Å². The third kappa shape index (κ3) is 8.02. The first-order valence-electron chi connectivity index (χ1n) is 9.71. The fraction of sp³-hybridized carbons (Fsp3) is 0.600. The van der Waals surface area contributed by atoms with Gasteiger partial charge in [-0.25, -0.2) is 4.79 Å². The molecule has 0 spiro atoms. The number of halogens is 3. The minimum Gasteiger partial charge on any atom is -0.475 e. The van der Waals surface area contributed by atoms with Gasteiger partial charge in [-0.3, -0.25) is 4.79 Å². The van der Waals surface area contributed by atoms with E-state index in [-0.39, 0.29) is 18.6 Å². The number of carboxylic acids is 1. The highest BCUT2D eigenvalue weighted by Crippen LogP contribution is 2.20. The Morgan fingerprint density at radius 3 is 2.38 bits per heavy atom. The van der Waals surface area contributed by atoms with E-state index in [4.69, 9.17) is 14.6 Å². The molecule has 2 aliphatic rings. The minimum absolute atomic E-state index is 0.162. The molecule has 1 amide bonds. The van der Waals surface area contributed by atoms with Gasteiger partial charge in [0.15, 0.2) is 0 Å². The first-order valence-corrected chi connectivity index (χ1v) is 9.71. The molecule has 0 radical (unpaired) electrons. The normalized spacial score (nSPS) is 22.0. The number of nitrogens with zero attached hydrogens (tertiary/aromatic N) is 1. The lowest BCUT2D eigenvalue weighted by atomic mass is 9.89. The number of carbonyl (C=O) groups excluding carboxylic acids is 1. The summed E-state index contributed by atoms with van der Waals surface area (Å²) in [5.74, 6) is -2.15. The number of likely N-dealkylation sites (tertiary alicyclic amines) is 1. The fourth-order valence-electron chi connectivity index (χ4n) is 3.47. The van der Waals surface area contributed by atoms with Crippen LogP contribution in [-0.2, 0) is 20.7 Å². The van der Waals surface area contributed by atoms with Crippen molar-refractivity contribution >= 4 is 11.9 Å². The number of alkyl halides is 3. The van der Waals surface area contributed by atoms with Crippen molar-refractivity contribution in [2.24, 2.45) is 5.92 Å². The van der Waals surface area contributed by atoms with Crippen LogP contribution in [0.2, 0.25) is 0 Å². The Balaban J connectivity index is 0.000000370. The predicted molar refractivity (Wildman–Crippen MR) is 100 cm³/mol. The van der Waals surface area contributed by atoms with Crippen LogP contribution in [0.4, 0.5) is 13.2 Å². The summed E-state index contributed by atoms with van der Waals surface area (Å²) in [5, 5.41) is 10.6. The van der Waals surface area contributed by atoms with Gasteiger partial charge in [0, 0.05) is 25.6 Å². The molecule has 2 aliphatic heterocycles. The Hall–Kier alpha value is -2.13. The number of rotatable bonds is 5. The van der Waals surface area contributed by atoms with E-state index in [2.05, 4.69) is 29.6 Å². The van der Waals surface area contributed by atoms with Crippen LogP contribution in [0.1, 0.15) is 24.8 Å². The van der Waals surface area contributed by atoms with Gasteiger partial charge in [0.1, 0.15) is 6.61 Å². The summed E-state index contributed by atoms with van der Waals surface area (Å²) in [6.45, 7) is 4.00. The van der Waals surface area contributed by atoms with Crippen molar-refractivity contribution in [3.63, 3.8) is 0 Å². The molecule has 2 N–H and O–H groups in total.